The molecule has 7 rings (SSSR count). The topological polar surface area (TPSA) is 50.3 Å². The summed E-state index contributed by atoms with van der Waals surface area (Å²) in [7, 11) is 0. The number of imide groups is 1. The van der Waals surface area contributed by atoms with E-state index in [1.165, 1.54) is 27.2 Å². The van der Waals surface area contributed by atoms with Gasteiger partial charge < -0.3 is 0 Å². The predicted molar refractivity (Wildman–Crippen MR) is 100 cm³/mol. The Bertz CT molecular complexity index is 993. The van der Waals surface area contributed by atoms with E-state index < -0.39 is 0 Å². The van der Waals surface area contributed by atoms with Crippen LogP contribution < -0.4 is 4.90 Å². The average molecular weight is 352 g/mol. The Morgan fingerprint density at radius 2 is 1.07 bits per heavy atom. The van der Waals surface area contributed by atoms with E-state index in [4.69, 9.17) is 0 Å². The number of carbonyl (C=O) groups excluding carboxylic acids is 2. The SMILES string of the molecule is O=C1C2C3c4ccccc4C(c4ccccc43)[C@@H]2C(=O)N1c1ccccn1. The van der Waals surface area contributed by atoms with Crippen LogP contribution in [0.5, 0.6) is 0 Å². The first-order valence-corrected chi connectivity index (χ1v) is 9.24. The summed E-state index contributed by atoms with van der Waals surface area (Å²) in [5.74, 6) is -0.668. The molecule has 2 aromatic carbocycles. The van der Waals surface area contributed by atoms with Crippen LogP contribution in [0.2, 0.25) is 0 Å². The molecule has 0 spiro atoms. The monoisotopic (exact) mass is 352 g/mol. The maximum Gasteiger partial charge on any atom is 0.239 e. The lowest BCUT2D eigenvalue weighted by Crippen LogP contribution is -2.41. The van der Waals surface area contributed by atoms with E-state index in [9.17, 15) is 9.59 Å². The van der Waals surface area contributed by atoms with Gasteiger partial charge in [0.05, 0.1) is 11.8 Å². The molecule has 2 amide bonds. The van der Waals surface area contributed by atoms with Crippen molar-refractivity contribution in [2.45, 2.75) is 11.8 Å². The molecule has 1 saturated heterocycles. The highest BCUT2D eigenvalue weighted by Gasteiger charge is 2.61. The van der Waals surface area contributed by atoms with Gasteiger partial charge in [0.1, 0.15) is 5.82 Å². The van der Waals surface area contributed by atoms with Gasteiger partial charge in [0.15, 0.2) is 0 Å². The third kappa shape index (κ3) is 1.75. The van der Waals surface area contributed by atoms with Gasteiger partial charge in [0.2, 0.25) is 11.8 Å². The second kappa shape index (κ2) is 5.13. The molecule has 2 heterocycles. The minimum absolute atomic E-state index is 0.0717. The second-order valence-electron chi connectivity index (χ2n) is 7.46. The number of anilines is 1. The van der Waals surface area contributed by atoms with Gasteiger partial charge in [-0.15, -0.1) is 0 Å². The Morgan fingerprint density at radius 3 is 1.48 bits per heavy atom. The molecule has 2 bridgehead atoms. The summed E-state index contributed by atoms with van der Waals surface area (Å²) in [6.07, 6.45) is 1.62. The molecule has 4 nitrogen and oxygen atoms in total. The molecule has 2 atom stereocenters. The number of carbonyl (C=O) groups is 2. The fourth-order valence-corrected chi connectivity index (χ4v) is 5.39. The molecule has 3 aliphatic carbocycles. The Kier molecular flexibility index (Phi) is 2.82. The normalized spacial score (nSPS) is 27.3. The molecule has 3 aromatic rings. The predicted octanol–water partition coefficient (Wildman–Crippen LogP) is 3.48. The molecular weight excluding hydrogens is 336 g/mol. The smallest absolute Gasteiger partial charge is 0.239 e. The zero-order valence-electron chi connectivity index (χ0n) is 14.4. The van der Waals surface area contributed by atoms with Gasteiger partial charge in [-0.2, -0.15) is 0 Å². The molecule has 0 N–H and O–H groups in total. The van der Waals surface area contributed by atoms with Crippen molar-refractivity contribution in [1.82, 2.24) is 4.98 Å². The fourth-order valence-electron chi connectivity index (χ4n) is 5.39. The Hall–Kier alpha value is -3.27. The third-order valence-electron chi connectivity index (χ3n) is 6.33. The molecule has 1 aromatic heterocycles. The van der Waals surface area contributed by atoms with E-state index in [-0.39, 0.29) is 35.5 Å². The highest BCUT2D eigenvalue weighted by Crippen LogP contribution is 2.61. The van der Waals surface area contributed by atoms with Crippen LogP contribution in [-0.4, -0.2) is 16.8 Å². The van der Waals surface area contributed by atoms with Gasteiger partial charge in [-0.25, -0.2) is 9.88 Å². The number of hydrogen-bond acceptors (Lipinski definition) is 3. The van der Waals surface area contributed by atoms with Crippen LogP contribution in [0.3, 0.4) is 0 Å². The van der Waals surface area contributed by atoms with E-state index in [2.05, 4.69) is 29.2 Å². The van der Waals surface area contributed by atoms with E-state index in [0.717, 1.165) is 0 Å². The Balaban J connectivity index is 1.60. The van der Waals surface area contributed by atoms with E-state index in [1.807, 2.05) is 30.3 Å². The maximum absolute atomic E-state index is 13.4. The third-order valence-corrected chi connectivity index (χ3v) is 6.33. The second-order valence-corrected chi connectivity index (χ2v) is 7.46. The minimum Gasteiger partial charge on any atom is -0.274 e. The first-order valence-electron chi connectivity index (χ1n) is 9.24. The number of hydrogen-bond donors (Lipinski definition) is 0. The quantitative estimate of drug-likeness (QED) is 0.630. The lowest BCUT2D eigenvalue weighted by molar-refractivity contribution is -0.122. The molecule has 0 radical (unpaired) electrons. The molecule has 4 aliphatic rings. The molecular formula is C23H16N2O2. The summed E-state index contributed by atoms with van der Waals surface area (Å²) in [6.45, 7) is 0. The summed E-state index contributed by atoms with van der Waals surface area (Å²) in [4.78, 5) is 32.4. The number of amides is 2. The molecule has 1 unspecified atom stereocenters. The summed E-state index contributed by atoms with van der Waals surface area (Å²) in [6, 6.07) is 21.9. The summed E-state index contributed by atoms with van der Waals surface area (Å²) in [5.41, 5.74) is 4.75. The van der Waals surface area contributed by atoms with Crippen molar-refractivity contribution < 1.29 is 9.59 Å². The number of benzene rings is 2. The number of pyridine rings is 1. The van der Waals surface area contributed by atoms with Crippen LogP contribution in [0.15, 0.2) is 72.9 Å². The highest BCUT2D eigenvalue weighted by atomic mass is 16.2. The van der Waals surface area contributed by atoms with Crippen molar-refractivity contribution in [2.24, 2.45) is 11.8 Å². The molecule has 4 heteroatoms. The van der Waals surface area contributed by atoms with Crippen molar-refractivity contribution in [3.05, 3.63) is 95.2 Å². The van der Waals surface area contributed by atoms with E-state index >= 15 is 0 Å². The van der Waals surface area contributed by atoms with Gasteiger partial charge >= 0.3 is 0 Å². The van der Waals surface area contributed by atoms with Gasteiger partial charge in [0, 0.05) is 18.0 Å². The summed E-state index contributed by atoms with van der Waals surface area (Å²) >= 11 is 0. The maximum atomic E-state index is 13.4. The van der Waals surface area contributed by atoms with Gasteiger partial charge in [-0.3, -0.25) is 9.59 Å². The van der Waals surface area contributed by atoms with E-state index in [1.54, 1.807) is 18.3 Å². The zero-order valence-corrected chi connectivity index (χ0v) is 14.4. The first-order chi connectivity index (χ1) is 13.3. The number of nitrogens with zero attached hydrogens (tertiary/aromatic N) is 2. The minimum atomic E-state index is -0.352. The van der Waals surface area contributed by atoms with Crippen molar-refractivity contribution in [1.29, 1.82) is 0 Å². The van der Waals surface area contributed by atoms with Crippen LogP contribution in [0, 0.1) is 11.8 Å². The van der Waals surface area contributed by atoms with Crippen molar-refractivity contribution in [3.8, 4) is 0 Å². The number of aromatic nitrogens is 1. The largest absolute Gasteiger partial charge is 0.274 e. The summed E-state index contributed by atoms with van der Waals surface area (Å²) < 4.78 is 0. The van der Waals surface area contributed by atoms with Gasteiger partial charge in [0.25, 0.3) is 0 Å². The average Bonchev–Trinajstić information content (AvgIpc) is 3.00. The van der Waals surface area contributed by atoms with Gasteiger partial charge in [-0.05, 0) is 34.4 Å². The fraction of sp³-hybridized carbons (Fsp3) is 0.174. The standard InChI is InChI=1S/C23H16N2O2/c26-22-20-18-13-7-1-2-8-14(13)19(16-10-4-3-9-15(16)18)21(20)23(27)25(22)17-11-5-6-12-24-17/h1-12,18-21H/t18?,19?,20-,21?/m0/s1. The van der Waals surface area contributed by atoms with Crippen LogP contribution >= 0.6 is 0 Å². The van der Waals surface area contributed by atoms with Crippen LogP contribution in [0.4, 0.5) is 5.82 Å². The van der Waals surface area contributed by atoms with Crippen molar-refractivity contribution in [3.63, 3.8) is 0 Å². The van der Waals surface area contributed by atoms with Gasteiger partial charge in [-0.1, -0.05) is 54.6 Å². The van der Waals surface area contributed by atoms with Crippen LogP contribution in [0.1, 0.15) is 34.1 Å². The van der Waals surface area contributed by atoms with Crippen molar-refractivity contribution >= 4 is 17.6 Å². The molecule has 1 fully saturated rings. The molecule has 27 heavy (non-hydrogen) atoms. The first kappa shape index (κ1) is 14.9. The lowest BCUT2D eigenvalue weighted by Gasteiger charge is -2.45. The van der Waals surface area contributed by atoms with Crippen LogP contribution in [0.25, 0.3) is 0 Å². The van der Waals surface area contributed by atoms with Crippen molar-refractivity contribution in [2.75, 3.05) is 4.90 Å². The Labute approximate surface area is 156 Å². The lowest BCUT2D eigenvalue weighted by atomic mass is 9.55. The zero-order chi connectivity index (χ0) is 18.1. The Morgan fingerprint density at radius 1 is 0.630 bits per heavy atom. The molecule has 1 aliphatic heterocycles. The highest BCUT2D eigenvalue weighted by molar-refractivity contribution is 6.23. The molecule has 130 valence electrons. The van der Waals surface area contributed by atoms with E-state index in [0.29, 0.717) is 5.82 Å². The van der Waals surface area contributed by atoms with Crippen LogP contribution in [-0.2, 0) is 9.59 Å². The summed E-state index contributed by atoms with van der Waals surface area (Å²) in [5, 5.41) is 0. The number of rotatable bonds is 1. The molecule has 0 saturated carbocycles.